The van der Waals surface area contributed by atoms with Crippen molar-refractivity contribution in [1.82, 2.24) is 112 Å². The minimum atomic E-state index is -2.90. The fourth-order valence-corrected chi connectivity index (χ4v) is 8.11. The molecule has 50 heteroatoms. The third-order valence-corrected chi connectivity index (χ3v) is 12.5. The molecule has 0 bridgehead atoms. The van der Waals surface area contributed by atoms with Crippen molar-refractivity contribution in [3.05, 3.63) is 191 Å². The first-order valence-corrected chi connectivity index (χ1v) is 24.6. The second-order valence-electron chi connectivity index (χ2n) is 17.4. The zero-order chi connectivity index (χ0) is 91.6. The molecule has 12 aromatic heterocycles. The van der Waals surface area contributed by atoms with Gasteiger partial charge in [-0.25, -0.2) is 19.4 Å². The number of rotatable bonds is 6. The van der Waals surface area contributed by atoms with Gasteiger partial charge < -0.3 is 98.1 Å². The van der Waals surface area contributed by atoms with Crippen LogP contribution in [0.4, 0.5) is 0 Å². The van der Waals surface area contributed by atoms with Gasteiger partial charge in [0.2, 0.25) is 39.3 Å². The summed E-state index contributed by atoms with van der Waals surface area (Å²) in [5.41, 5.74) is -15.7. The second-order valence-corrected chi connectivity index (χ2v) is 17.4. The predicted molar refractivity (Wildman–Crippen MR) is 331 cm³/mol. The van der Waals surface area contributed by atoms with Crippen LogP contribution in [-0.4, -0.2) is 112 Å². The van der Waals surface area contributed by atoms with Crippen LogP contribution >= 0.6 is 0 Å². The summed E-state index contributed by atoms with van der Waals surface area (Å²) in [6.07, 6.45) is 9.72. The van der Waals surface area contributed by atoms with Crippen molar-refractivity contribution in [3.63, 3.8) is 0 Å². The first-order valence-electron chi connectivity index (χ1n) is 39.1. The molecule has 0 fully saturated rings. The summed E-state index contributed by atoms with van der Waals surface area (Å²) in [6.45, 7) is -21.0. The van der Waals surface area contributed by atoms with Crippen molar-refractivity contribution in [2.24, 2.45) is 62.9 Å². The van der Waals surface area contributed by atoms with Gasteiger partial charge in [0.25, 0.3) is 5.56 Å². The molecule has 0 aliphatic carbocycles. The normalized spacial score (nSPS) is 15.1. The van der Waals surface area contributed by atoms with Crippen molar-refractivity contribution in [1.29, 1.82) is 0 Å². The first-order chi connectivity index (χ1) is 53.6. The van der Waals surface area contributed by atoms with E-state index in [2.05, 4.69) is 70.0 Å². The van der Waals surface area contributed by atoms with Gasteiger partial charge >= 0.3 is 17.1 Å². The van der Waals surface area contributed by atoms with Crippen LogP contribution < -0.4 is 67.5 Å². The maximum absolute atomic E-state index is 12.2. The molecule has 0 spiro atoms. The van der Waals surface area contributed by atoms with E-state index in [0.717, 1.165) is 66.9 Å². The summed E-state index contributed by atoms with van der Waals surface area (Å²) < 4.78 is 225. The molecule has 12 rings (SSSR count). The Kier molecular flexibility index (Phi) is 39.0. The number of aryl methyl sites for hydroxylation is 9. The molecule has 12 heterocycles. The number of nitrogens with zero attached hydrogens (tertiary/aromatic N) is 24. The first kappa shape index (κ1) is 74.2. The molecule has 0 saturated heterocycles. The molecular weight excluding hydrogens is 2420 g/mol. The fraction of sp³-hybridized carbons (Fsp3) is 0.370. The van der Waals surface area contributed by atoms with Gasteiger partial charge in [-0.1, -0.05) is 6.92 Å². The molecule has 0 atom stereocenters. The van der Waals surface area contributed by atoms with Crippen molar-refractivity contribution in [2.75, 3.05) is 0 Å². The van der Waals surface area contributed by atoms with Crippen LogP contribution in [0.2, 0.25) is 0 Å². The van der Waals surface area contributed by atoms with Gasteiger partial charge in [0, 0.05) is 608 Å². The molecule has 104 heavy (non-hydrogen) atoms. The summed E-state index contributed by atoms with van der Waals surface area (Å²) in [4.78, 5) is 167. The van der Waals surface area contributed by atoms with Gasteiger partial charge in [-0.2, -0.15) is 0 Å². The standard InChI is InChI=1S/5C9H11N4O2.C9H10N4O2.14Y/c6*1-4-13-8(14)6-7(10-5-11(6)2)12(3)9(13)15;;;;;;;;;;;;;;/h2*4H2,1-3H3;4-5H,1-3H3;5H,3-4H2,1-2H3;5H,2,4H2,1,3H3;3-4H2,1-2H3;;;;;;;;;;;;;;/q5*-1;-2;;;;;;;;;;;;;;/i3D3,4D2;2*2D3,3D3;2D3,4D2;3D3,4D2;4D2;;;;;;;;;;;;;;. The maximum atomic E-state index is 12.2. The van der Waals surface area contributed by atoms with Crippen LogP contribution in [0.15, 0.2) is 76.5 Å². The molecule has 0 unspecified atom stereocenters. The molecule has 0 aliphatic rings. The van der Waals surface area contributed by atoms with Crippen LogP contribution in [0.3, 0.4) is 0 Å². The minimum absolute atomic E-state index is 0. The molecule has 522 valence electrons. The summed E-state index contributed by atoms with van der Waals surface area (Å²) >= 11 is 0. The van der Waals surface area contributed by atoms with Gasteiger partial charge in [0.1, 0.15) is 5.65 Å². The second kappa shape index (κ2) is 54.8. The number of fused-ring (bicyclic) bond motifs is 6. The Morgan fingerprint density at radius 3 is 1.08 bits per heavy atom. The monoisotopic (exact) mass is 2520 g/mol. The Bertz CT molecular complexity index is 6580. The Morgan fingerprint density at radius 2 is 0.673 bits per heavy atom. The quantitative estimate of drug-likeness (QED) is 0.145. The van der Waals surface area contributed by atoms with Gasteiger partial charge in [-0.15, -0.1) is 27.7 Å². The summed E-state index contributed by atoms with van der Waals surface area (Å²) in [6, 6.07) is 0. The number of aromatic nitrogens is 24. The molecule has 0 saturated carbocycles. The van der Waals surface area contributed by atoms with Crippen LogP contribution in [0.1, 0.15) is 81.3 Å². The molecule has 36 nitrogen and oxygen atoms in total. The van der Waals surface area contributed by atoms with E-state index in [0.29, 0.717) is 54.8 Å². The topological polar surface area (TPSA) is 371 Å². The smallest absolute Gasteiger partial charge is 0.330 e. The van der Waals surface area contributed by atoms with Crippen molar-refractivity contribution in [3.8, 4) is 0 Å². The molecular formula is C54H65N24O12Y14-7. The van der Waals surface area contributed by atoms with Gasteiger partial charge in [-0.05, 0) is 84.2 Å². The summed E-state index contributed by atoms with van der Waals surface area (Å²) in [5.74, 6) is 0. The third kappa shape index (κ3) is 25.4. The van der Waals surface area contributed by atoms with Crippen molar-refractivity contribution in [2.45, 2.75) is 74.1 Å². The zero-order valence-corrected chi connectivity index (χ0v) is 95.6. The summed E-state index contributed by atoms with van der Waals surface area (Å²) in [7, 11) is 13.2. The van der Waals surface area contributed by atoms with E-state index in [1.807, 2.05) is 0 Å². The molecule has 0 amide bonds. The van der Waals surface area contributed by atoms with Crippen molar-refractivity contribution >= 4 is 67.0 Å². The van der Waals surface area contributed by atoms with Crippen LogP contribution in [-0.2, 0) is 553 Å². The molecule has 0 N–H and O–H groups in total. The SMILES string of the molecule is [2H]C([2H])(C)n1c(=O)c2c(n[c-]n2C)n([CH2-])c1=O.[2H]C([2H])([2H])n1[c-]nc2c1c(=O)n(CC)c(=O)n2C([2H])([2H])[2H].[2H]C([2H])([2H])n1c(=O)n(C([2H])([2H])C)c(=O)c2c1n[c-]n2C.[2H]C([2H])([2H])n1c(=O)n(C([2H])([2H])C)c(=O)c2c1ncn2[CH2-].[2H]C([2H])([2H])n1cnc2c1c(=O)n(C([2H])([2H])C)c(=O)n2[CH2-].[2H]C([2H])([2H])n1cnc2c1c(=O)n([CH-]C)c(=O)n2C([2H])([2H])[2H].[Y].[Y].[Y].[Y].[Y].[Y].[Y].[Y].[Y].[Y].[Y].[Y].[Y].[Y]. The number of imidazole rings is 6. The van der Waals surface area contributed by atoms with E-state index in [4.69, 9.17) is 39.8 Å². The average Bonchev–Trinajstić information content (AvgIpc) is 1.55. The molecule has 12 aromatic rings. The van der Waals surface area contributed by atoms with E-state index in [-0.39, 0.29) is 513 Å². The maximum Gasteiger partial charge on any atom is 0.330 e. The molecule has 14 radical (unpaired) electrons. The van der Waals surface area contributed by atoms with Gasteiger partial charge in [0.15, 0.2) is 5.56 Å². The Labute approximate surface area is 986 Å². The molecule has 0 aromatic carbocycles. The third-order valence-electron chi connectivity index (χ3n) is 12.5. The zero-order valence-electron chi connectivity index (χ0n) is 84.9. The van der Waals surface area contributed by atoms with Crippen LogP contribution in [0.25, 0.3) is 67.0 Å². The van der Waals surface area contributed by atoms with Crippen LogP contribution in [0.5, 0.6) is 0 Å². The van der Waals surface area contributed by atoms with Crippen LogP contribution in [0, 0.1) is 46.7 Å². The fourth-order valence-electron chi connectivity index (χ4n) is 8.11. The van der Waals surface area contributed by atoms with E-state index in [1.165, 1.54) is 32.5 Å². The predicted octanol–water partition coefficient (Wildman–Crippen LogP) is -3.59. The number of hydrogen-bond donors (Lipinski definition) is 0. The van der Waals surface area contributed by atoms with E-state index in [1.54, 1.807) is 0 Å². The van der Waals surface area contributed by atoms with E-state index < -0.39 is 170 Å². The van der Waals surface area contributed by atoms with Crippen molar-refractivity contribution < 1.29 is 498 Å². The van der Waals surface area contributed by atoms with E-state index >= 15 is 0 Å². The summed E-state index contributed by atoms with van der Waals surface area (Å²) in [5, 5.41) is 0. The Hall–Kier alpha value is 3.83. The largest absolute Gasteiger partial charge is 0.465 e. The van der Waals surface area contributed by atoms with Gasteiger partial charge in [-0.3, -0.25) is 52.2 Å². The van der Waals surface area contributed by atoms with Gasteiger partial charge in [0.05, 0.1) is 35.0 Å². The Morgan fingerprint density at radius 1 is 0.365 bits per heavy atom. The van der Waals surface area contributed by atoms with E-state index in [9.17, 15) is 57.5 Å². The Balaban J connectivity index is -0.000000230. The molecule has 0 aliphatic heterocycles. The average molecular weight is 2520 g/mol. The minimum Gasteiger partial charge on any atom is -0.465 e. The number of hydrogen-bond acceptors (Lipinski definition) is 18.